The number of rotatable bonds is 2. The Hall–Kier alpha value is -2.76. The van der Waals surface area contributed by atoms with Gasteiger partial charge in [-0.1, -0.05) is 24.3 Å². The van der Waals surface area contributed by atoms with Crippen LogP contribution in [-0.2, 0) is 9.59 Å². The van der Waals surface area contributed by atoms with E-state index >= 15 is 0 Å². The lowest BCUT2D eigenvalue weighted by molar-refractivity contribution is -0.134. The highest BCUT2D eigenvalue weighted by atomic mass is 16.4. The van der Waals surface area contributed by atoms with Crippen LogP contribution in [0.25, 0.3) is 10.8 Å². The van der Waals surface area contributed by atoms with Gasteiger partial charge in [-0.05, 0) is 11.8 Å². The number of carbonyl (C=O) groups excluding carboxylic acids is 2. The minimum Gasteiger partial charge on any atom is -0.478 e. The molecule has 1 aromatic heterocycles. The molecule has 2 N–H and O–H groups in total. The maximum atomic E-state index is 12.0. The summed E-state index contributed by atoms with van der Waals surface area (Å²) in [6.45, 7) is 0. The van der Waals surface area contributed by atoms with Gasteiger partial charge in [-0.3, -0.25) is 19.9 Å². The molecular formula is C15H12N2O4. The van der Waals surface area contributed by atoms with Gasteiger partial charge in [-0.25, -0.2) is 4.79 Å². The lowest BCUT2D eigenvalue weighted by atomic mass is 9.90. The van der Waals surface area contributed by atoms with Gasteiger partial charge in [0.2, 0.25) is 11.8 Å². The molecule has 0 bridgehead atoms. The Morgan fingerprint density at radius 2 is 1.95 bits per heavy atom. The van der Waals surface area contributed by atoms with Gasteiger partial charge >= 0.3 is 5.97 Å². The van der Waals surface area contributed by atoms with Crippen LogP contribution in [0.1, 0.15) is 34.8 Å². The van der Waals surface area contributed by atoms with Crippen molar-refractivity contribution in [3.05, 3.63) is 41.7 Å². The van der Waals surface area contributed by atoms with Gasteiger partial charge in [0.05, 0.1) is 17.2 Å². The first-order chi connectivity index (χ1) is 10.1. The SMILES string of the molecule is O=C1CCC(c2ncc(C(=O)O)c3ccccc23)C(=O)N1. The van der Waals surface area contributed by atoms with Crippen LogP contribution in [0.4, 0.5) is 0 Å². The van der Waals surface area contributed by atoms with E-state index in [0.717, 1.165) is 0 Å². The summed E-state index contributed by atoms with van der Waals surface area (Å²) in [5, 5.41) is 12.7. The van der Waals surface area contributed by atoms with Crippen molar-refractivity contribution < 1.29 is 19.5 Å². The van der Waals surface area contributed by atoms with Gasteiger partial charge in [0.1, 0.15) is 0 Å². The third-order valence-electron chi connectivity index (χ3n) is 3.63. The minimum atomic E-state index is -1.06. The number of pyridine rings is 1. The van der Waals surface area contributed by atoms with E-state index in [-0.39, 0.29) is 23.8 Å². The number of hydrogen-bond acceptors (Lipinski definition) is 4. The van der Waals surface area contributed by atoms with Crippen molar-refractivity contribution in [3.63, 3.8) is 0 Å². The Bertz CT molecular complexity index is 769. The van der Waals surface area contributed by atoms with Crippen molar-refractivity contribution in [1.82, 2.24) is 10.3 Å². The van der Waals surface area contributed by atoms with Crippen LogP contribution in [0.5, 0.6) is 0 Å². The number of carboxylic acids is 1. The van der Waals surface area contributed by atoms with Crippen molar-refractivity contribution in [2.75, 3.05) is 0 Å². The number of piperidine rings is 1. The number of hydrogen-bond donors (Lipinski definition) is 2. The average Bonchev–Trinajstić information content (AvgIpc) is 2.46. The number of aromatic carboxylic acids is 1. The van der Waals surface area contributed by atoms with Crippen molar-refractivity contribution in [2.45, 2.75) is 18.8 Å². The zero-order chi connectivity index (χ0) is 15.0. The molecule has 0 aliphatic carbocycles. The Morgan fingerprint density at radius 1 is 1.24 bits per heavy atom. The molecule has 0 radical (unpaired) electrons. The van der Waals surface area contributed by atoms with E-state index in [1.807, 2.05) is 0 Å². The number of amides is 2. The first kappa shape index (κ1) is 13.2. The lowest BCUT2D eigenvalue weighted by Gasteiger charge is -2.21. The Kier molecular flexibility index (Phi) is 3.13. The molecule has 2 heterocycles. The van der Waals surface area contributed by atoms with Crippen LogP contribution in [0, 0.1) is 0 Å². The van der Waals surface area contributed by atoms with Gasteiger partial charge in [-0.2, -0.15) is 0 Å². The molecule has 0 spiro atoms. The number of imide groups is 1. The number of carbonyl (C=O) groups is 3. The van der Waals surface area contributed by atoms with Crippen LogP contribution in [0.2, 0.25) is 0 Å². The highest BCUT2D eigenvalue weighted by Crippen LogP contribution is 2.30. The van der Waals surface area contributed by atoms with Crippen molar-refractivity contribution in [2.24, 2.45) is 0 Å². The summed E-state index contributed by atoms with van der Waals surface area (Å²) in [6, 6.07) is 6.94. The maximum Gasteiger partial charge on any atom is 0.337 e. The van der Waals surface area contributed by atoms with E-state index in [2.05, 4.69) is 10.3 Å². The summed E-state index contributed by atoms with van der Waals surface area (Å²) in [5.74, 6) is -2.27. The van der Waals surface area contributed by atoms with Gasteiger partial charge in [0.15, 0.2) is 0 Å². The van der Waals surface area contributed by atoms with E-state index in [1.165, 1.54) is 6.20 Å². The van der Waals surface area contributed by atoms with Gasteiger partial charge in [0.25, 0.3) is 0 Å². The van der Waals surface area contributed by atoms with Crippen LogP contribution in [0.3, 0.4) is 0 Å². The van der Waals surface area contributed by atoms with E-state index in [4.69, 9.17) is 0 Å². The second kappa shape index (κ2) is 4.97. The highest BCUT2D eigenvalue weighted by Gasteiger charge is 2.30. The zero-order valence-electron chi connectivity index (χ0n) is 11.0. The van der Waals surface area contributed by atoms with E-state index in [0.29, 0.717) is 22.9 Å². The maximum absolute atomic E-state index is 12.0. The molecule has 1 atom stereocenters. The summed E-state index contributed by atoms with van der Waals surface area (Å²) in [6.07, 6.45) is 1.91. The molecule has 6 nitrogen and oxygen atoms in total. The molecule has 1 saturated heterocycles. The third kappa shape index (κ3) is 2.24. The molecule has 106 valence electrons. The fourth-order valence-electron chi connectivity index (χ4n) is 2.62. The Balaban J connectivity index is 2.16. The molecule has 2 aromatic rings. The molecule has 1 aliphatic heterocycles. The fraction of sp³-hybridized carbons (Fsp3) is 0.200. The highest BCUT2D eigenvalue weighted by molar-refractivity contribution is 6.06. The first-order valence-corrected chi connectivity index (χ1v) is 6.52. The predicted molar refractivity (Wildman–Crippen MR) is 73.8 cm³/mol. The number of fused-ring (bicyclic) bond motifs is 1. The van der Waals surface area contributed by atoms with Crippen LogP contribution >= 0.6 is 0 Å². The second-order valence-electron chi connectivity index (χ2n) is 4.91. The molecule has 1 unspecified atom stereocenters. The number of aromatic nitrogens is 1. The molecule has 1 aromatic carbocycles. The fourth-order valence-corrected chi connectivity index (χ4v) is 2.62. The largest absolute Gasteiger partial charge is 0.478 e. The Labute approximate surface area is 119 Å². The van der Waals surface area contributed by atoms with Crippen molar-refractivity contribution in [1.29, 1.82) is 0 Å². The van der Waals surface area contributed by atoms with E-state index in [9.17, 15) is 19.5 Å². The molecule has 1 fully saturated rings. The number of benzene rings is 1. The van der Waals surface area contributed by atoms with Crippen molar-refractivity contribution in [3.8, 4) is 0 Å². The molecule has 1 aliphatic rings. The van der Waals surface area contributed by atoms with E-state index in [1.54, 1.807) is 24.3 Å². The molecule has 0 saturated carbocycles. The quantitative estimate of drug-likeness (QED) is 0.814. The normalized spacial score (nSPS) is 18.6. The number of carboxylic acid groups (broad SMARTS) is 1. The smallest absolute Gasteiger partial charge is 0.337 e. The molecule has 21 heavy (non-hydrogen) atoms. The van der Waals surface area contributed by atoms with Crippen LogP contribution in [0.15, 0.2) is 30.5 Å². The van der Waals surface area contributed by atoms with Crippen LogP contribution in [-0.4, -0.2) is 27.9 Å². The van der Waals surface area contributed by atoms with Crippen LogP contribution < -0.4 is 5.32 Å². The molecule has 6 heteroatoms. The Morgan fingerprint density at radius 3 is 2.62 bits per heavy atom. The van der Waals surface area contributed by atoms with Gasteiger partial charge in [0, 0.05) is 18.0 Å². The summed E-state index contributed by atoms with van der Waals surface area (Å²) in [5.41, 5.74) is 0.613. The second-order valence-corrected chi connectivity index (χ2v) is 4.91. The van der Waals surface area contributed by atoms with Gasteiger partial charge < -0.3 is 5.11 Å². The first-order valence-electron chi connectivity index (χ1n) is 6.52. The monoisotopic (exact) mass is 284 g/mol. The summed E-state index contributed by atoms with van der Waals surface area (Å²) in [7, 11) is 0. The zero-order valence-corrected chi connectivity index (χ0v) is 11.0. The summed E-state index contributed by atoms with van der Waals surface area (Å²) >= 11 is 0. The molecular weight excluding hydrogens is 272 g/mol. The molecule has 2 amide bonds. The summed E-state index contributed by atoms with van der Waals surface area (Å²) in [4.78, 5) is 38.6. The third-order valence-corrected chi connectivity index (χ3v) is 3.63. The summed E-state index contributed by atoms with van der Waals surface area (Å²) < 4.78 is 0. The molecule has 3 rings (SSSR count). The topological polar surface area (TPSA) is 96.4 Å². The van der Waals surface area contributed by atoms with E-state index < -0.39 is 11.9 Å². The number of nitrogens with one attached hydrogen (secondary N) is 1. The van der Waals surface area contributed by atoms with Crippen molar-refractivity contribution >= 4 is 28.6 Å². The van der Waals surface area contributed by atoms with Gasteiger partial charge in [-0.15, -0.1) is 0 Å². The average molecular weight is 284 g/mol. The minimum absolute atomic E-state index is 0.0987. The lowest BCUT2D eigenvalue weighted by Crippen LogP contribution is -2.39. The number of nitrogens with zero attached hydrogens (tertiary/aromatic N) is 1. The standard InChI is InChI=1S/C15H12N2O4/c18-12-6-5-10(14(19)17-12)13-9-4-2-1-3-8(9)11(7-16-13)15(20)21/h1-4,7,10H,5-6H2,(H,20,21)(H,17,18,19). The predicted octanol–water partition coefficient (Wildman–Crippen LogP) is 1.45.